The number of pyridine rings is 1. The van der Waals surface area contributed by atoms with Gasteiger partial charge in [-0.05, 0) is 6.07 Å². The highest BCUT2D eigenvalue weighted by molar-refractivity contribution is 5.96. The maximum absolute atomic E-state index is 11.5. The van der Waals surface area contributed by atoms with Crippen molar-refractivity contribution in [2.24, 2.45) is 0 Å². The molecule has 0 unspecified atom stereocenters. The Balaban J connectivity index is 2.23. The van der Waals surface area contributed by atoms with E-state index >= 15 is 0 Å². The quantitative estimate of drug-likeness (QED) is 0.671. The summed E-state index contributed by atoms with van der Waals surface area (Å²) >= 11 is 0. The first kappa shape index (κ1) is 14.7. The maximum Gasteiger partial charge on any atom is 0.295 e. The highest BCUT2D eigenvalue weighted by Crippen LogP contribution is 2.28. The van der Waals surface area contributed by atoms with Crippen LogP contribution in [-0.4, -0.2) is 41.4 Å². The van der Waals surface area contributed by atoms with Gasteiger partial charge in [-0.3, -0.25) is 14.9 Å². The predicted octanol–water partition coefficient (Wildman–Crippen LogP) is 2.03. The van der Waals surface area contributed by atoms with E-state index in [1.54, 1.807) is 32.3 Å². The summed E-state index contributed by atoms with van der Waals surface area (Å²) in [4.78, 5) is 27.7. The van der Waals surface area contributed by atoms with E-state index < -0.39 is 4.92 Å². The van der Waals surface area contributed by atoms with E-state index in [1.807, 2.05) is 0 Å². The number of benzene rings is 1. The topological polar surface area (TPSA) is 88.4 Å². The average molecular weight is 288 g/mol. The largest absolute Gasteiger partial charge is 0.384 e. The highest BCUT2D eigenvalue weighted by atomic mass is 16.6. The Kier molecular flexibility index (Phi) is 4.32. The van der Waals surface area contributed by atoms with E-state index in [1.165, 1.54) is 17.2 Å². The normalized spacial score (nSPS) is 10.4. The van der Waals surface area contributed by atoms with Crippen LogP contribution in [0.25, 0.3) is 10.9 Å². The molecule has 1 aromatic heterocycles. The molecule has 0 spiro atoms. The molecule has 0 radical (unpaired) electrons. The SMILES string of the molecule is CN(C)C(=O)CCNc1ccnc2c([N+](=O)[O-])cccc12. The molecule has 0 aliphatic carbocycles. The minimum absolute atomic E-state index is 0.0202. The third-order valence-electron chi connectivity index (χ3n) is 3.10. The van der Waals surface area contributed by atoms with Gasteiger partial charge in [0.05, 0.1) is 4.92 Å². The molecule has 1 aromatic carbocycles. The van der Waals surface area contributed by atoms with Gasteiger partial charge in [0.2, 0.25) is 5.91 Å². The second kappa shape index (κ2) is 6.17. The summed E-state index contributed by atoms with van der Waals surface area (Å²) in [7, 11) is 3.40. The van der Waals surface area contributed by atoms with Gasteiger partial charge >= 0.3 is 0 Å². The lowest BCUT2D eigenvalue weighted by Crippen LogP contribution is -2.23. The Morgan fingerprint density at radius 3 is 2.81 bits per heavy atom. The molecule has 7 nitrogen and oxygen atoms in total. The average Bonchev–Trinajstić information content (AvgIpc) is 2.46. The molecule has 0 aliphatic rings. The van der Waals surface area contributed by atoms with Crippen LogP contribution >= 0.6 is 0 Å². The van der Waals surface area contributed by atoms with Gasteiger partial charge in [-0.2, -0.15) is 0 Å². The zero-order chi connectivity index (χ0) is 15.4. The number of anilines is 1. The van der Waals surface area contributed by atoms with E-state index in [-0.39, 0.29) is 11.6 Å². The number of hydrogen-bond acceptors (Lipinski definition) is 5. The summed E-state index contributed by atoms with van der Waals surface area (Å²) in [5, 5.41) is 14.8. The number of rotatable bonds is 5. The smallest absolute Gasteiger partial charge is 0.295 e. The van der Waals surface area contributed by atoms with Gasteiger partial charge < -0.3 is 10.2 Å². The second-order valence-electron chi connectivity index (χ2n) is 4.75. The van der Waals surface area contributed by atoms with Crippen molar-refractivity contribution >= 4 is 28.2 Å². The van der Waals surface area contributed by atoms with Crippen LogP contribution in [0.4, 0.5) is 11.4 Å². The molecule has 7 heteroatoms. The van der Waals surface area contributed by atoms with Crippen LogP contribution in [0.15, 0.2) is 30.5 Å². The van der Waals surface area contributed by atoms with E-state index in [2.05, 4.69) is 10.3 Å². The molecule has 0 saturated heterocycles. The van der Waals surface area contributed by atoms with Crippen molar-refractivity contribution in [3.8, 4) is 0 Å². The molecule has 2 rings (SSSR count). The molecule has 0 saturated carbocycles. The van der Waals surface area contributed by atoms with Gasteiger partial charge in [-0.1, -0.05) is 12.1 Å². The maximum atomic E-state index is 11.5. The third kappa shape index (κ3) is 3.25. The summed E-state index contributed by atoms with van der Waals surface area (Å²) in [6.07, 6.45) is 1.87. The molecule has 1 N–H and O–H groups in total. The third-order valence-corrected chi connectivity index (χ3v) is 3.10. The van der Waals surface area contributed by atoms with Crippen LogP contribution in [-0.2, 0) is 4.79 Å². The zero-order valence-corrected chi connectivity index (χ0v) is 11.9. The lowest BCUT2D eigenvalue weighted by atomic mass is 10.1. The van der Waals surface area contributed by atoms with E-state index in [0.717, 1.165) is 5.69 Å². The second-order valence-corrected chi connectivity index (χ2v) is 4.75. The van der Waals surface area contributed by atoms with Crippen LogP contribution in [0.3, 0.4) is 0 Å². The first-order chi connectivity index (χ1) is 10.0. The van der Waals surface area contributed by atoms with Gasteiger partial charge in [-0.25, -0.2) is 4.98 Å². The number of non-ortho nitro benzene ring substituents is 1. The number of carbonyl (C=O) groups excluding carboxylic acids is 1. The molecule has 1 heterocycles. The molecule has 0 bridgehead atoms. The molecule has 21 heavy (non-hydrogen) atoms. The Morgan fingerprint density at radius 2 is 2.14 bits per heavy atom. The van der Waals surface area contributed by atoms with Crippen molar-refractivity contribution < 1.29 is 9.72 Å². The Morgan fingerprint density at radius 1 is 1.38 bits per heavy atom. The van der Waals surface area contributed by atoms with Crippen molar-refractivity contribution in [3.05, 3.63) is 40.6 Å². The van der Waals surface area contributed by atoms with Crippen molar-refractivity contribution in [1.29, 1.82) is 0 Å². The van der Waals surface area contributed by atoms with Crippen molar-refractivity contribution in [2.75, 3.05) is 26.0 Å². The number of amides is 1. The fourth-order valence-corrected chi connectivity index (χ4v) is 1.99. The zero-order valence-electron chi connectivity index (χ0n) is 11.9. The van der Waals surface area contributed by atoms with Crippen LogP contribution in [0.2, 0.25) is 0 Å². The Labute approximate surface area is 121 Å². The van der Waals surface area contributed by atoms with E-state index in [9.17, 15) is 14.9 Å². The number of carbonyl (C=O) groups is 1. The molecular weight excluding hydrogens is 272 g/mol. The van der Waals surface area contributed by atoms with Gasteiger partial charge in [0.25, 0.3) is 5.69 Å². The number of nitro benzene ring substituents is 1. The molecule has 1 amide bonds. The van der Waals surface area contributed by atoms with Crippen molar-refractivity contribution in [2.45, 2.75) is 6.42 Å². The van der Waals surface area contributed by atoms with Gasteiger partial charge in [0, 0.05) is 50.4 Å². The first-order valence-corrected chi connectivity index (χ1v) is 6.47. The number of fused-ring (bicyclic) bond motifs is 1. The summed E-state index contributed by atoms with van der Waals surface area (Å²) in [6.45, 7) is 0.457. The monoisotopic (exact) mass is 288 g/mol. The Bertz CT molecular complexity index is 685. The van der Waals surface area contributed by atoms with E-state index in [4.69, 9.17) is 0 Å². The number of nitrogens with zero attached hydrogens (tertiary/aromatic N) is 3. The van der Waals surface area contributed by atoms with Crippen LogP contribution in [0.1, 0.15) is 6.42 Å². The number of nitro groups is 1. The molecule has 2 aromatic rings. The first-order valence-electron chi connectivity index (χ1n) is 6.47. The number of aromatic nitrogens is 1. The highest BCUT2D eigenvalue weighted by Gasteiger charge is 2.14. The minimum Gasteiger partial charge on any atom is -0.384 e. The summed E-state index contributed by atoms with van der Waals surface area (Å²) in [5.41, 5.74) is 1.04. The summed E-state index contributed by atoms with van der Waals surface area (Å²) < 4.78 is 0. The summed E-state index contributed by atoms with van der Waals surface area (Å²) in [5.74, 6) is 0.0202. The fraction of sp³-hybridized carbons (Fsp3) is 0.286. The minimum atomic E-state index is -0.450. The van der Waals surface area contributed by atoms with Crippen LogP contribution in [0, 0.1) is 10.1 Å². The molecule has 0 aliphatic heterocycles. The molecule has 0 fully saturated rings. The molecule has 110 valence electrons. The number of nitrogens with one attached hydrogen (secondary N) is 1. The van der Waals surface area contributed by atoms with Gasteiger partial charge in [0.1, 0.15) is 5.52 Å². The Hall–Kier alpha value is -2.70. The van der Waals surface area contributed by atoms with Crippen molar-refractivity contribution in [1.82, 2.24) is 9.88 Å². The van der Waals surface area contributed by atoms with Crippen LogP contribution in [0.5, 0.6) is 0 Å². The lowest BCUT2D eigenvalue weighted by Gasteiger charge is -2.12. The van der Waals surface area contributed by atoms with Gasteiger partial charge in [0.15, 0.2) is 0 Å². The lowest BCUT2D eigenvalue weighted by molar-refractivity contribution is -0.383. The predicted molar refractivity (Wildman–Crippen MR) is 80.2 cm³/mol. The van der Waals surface area contributed by atoms with E-state index in [0.29, 0.717) is 23.9 Å². The number of para-hydroxylation sites is 1. The fourth-order valence-electron chi connectivity index (χ4n) is 1.99. The molecule has 0 atom stereocenters. The standard InChI is InChI=1S/C14H16N4O3/c1-17(2)13(19)7-9-15-11-6-8-16-14-10(11)4-3-5-12(14)18(20)21/h3-6,8H,7,9H2,1-2H3,(H,15,16). The van der Waals surface area contributed by atoms with Gasteiger partial charge in [-0.15, -0.1) is 0 Å². The molecular formula is C14H16N4O3. The number of hydrogen-bond donors (Lipinski definition) is 1. The van der Waals surface area contributed by atoms with Crippen LogP contribution < -0.4 is 5.32 Å². The van der Waals surface area contributed by atoms with Crippen molar-refractivity contribution in [3.63, 3.8) is 0 Å². The summed E-state index contributed by atoms with van der Waals surface area (Å²) in [6, 6.07) is 6.56.